The maximum atomic E-state index is 4.51. The summed E-state index contributed by atoms with van der Waals surface area (Å²) in [4.78, 5) is 4.51. The van der Waals surface area contributed by atoms with Gasteiger partial charge >= 0.3 is 0 Å². The van der Waals surface area contributed by atoms with E-state index in [1.165, 1.54) is 0 Å². The molecule has 0 spiro atoms. The first-order valence-corrected chi connectivity index (χ1v) is 2.12. The van der Waals surface area contributed by atoms with Crippen LogP contribution < -0.4 is 0 Å². The van der Waals surface area contributed by atoms with Crippen molar-refractivity contribution in [1.29, 1.82) is 0 Å². The van der Waals surface area contributed by atoms with Crippen molar-refractivity contribution in [2.75, 3.05) is 0 Å². The van der Waals surface area contributed by atoms with Crippen LogP contribution in [0.1, 0.15) is 13.3 Å². The van der Waals surface area contributed by atoms with Crippen molar-refractivity contribution in [3.8, 4) is 0 Å². The molecular weight excluding hydrogens is 90.1 g/mol. The molecular formula is C5H9NO. The van der Waals surface area contributed by atoms with Crippen LogP contribution >= 0.6 is 0 Å². The number of nitrogens with zero attached hydrogens (tertiary/aromatic N) is 1. The minimum absolute atomic E-state index is 0.648. The number of hydrogen-bond acceptors (Lipinski definition) is 2. The zero-order valence-corrected chi connectivity index (χ0v) is 4.48. The van der Waals surface area contributed by atoms with E-state index in [1.54, 1.807) is 0 Å². The third-order valence-corrected chi connectivity index (χ3v) is 0.588. The van der Waals surface area contributed by atoms with Crippen LogP contribution in [0.15, 0.2) is 17.5 Å². The van der Waals surface area contributed by atoms with E-state index in [0.29, 0.717) is 5.76 Å². The van der Waals surface area contributed by atoms with E-state index in [4.69, 9.17) is 0 Å². The fourth-order valence-corrected chi connectivity index (χ4v) is 0.156. The van der Waals surface area contributed by atoms with Gasteiger partial charge in [-0.1, -0.05) is 18.7 Å². The van der Waals surface area contributed by atoms with Crippen molar-refractivity contribution in [3.05, 3.63) is 12.3 Å². The number of hydrogen-bond donors (Lipinski definition) is 0. The Hall–Kier alpha value is -0.790. The summed E-state index contributed by atoms with van der Waals surface area (Å²) in [6.45, 7) is 8.56. The summed E-state index contributed by atoms with van der Waals surface area (Å²) in [5, 5.41) is 3.16. The first-order chi connectivity index (χ1) is 3.31. The molecule has 0 aromatic rings. The third kappa shape index (κ3) is 3.03. The molecule has 0 aliphatic carbocycles. The lowest BCUT2D eigenvalue weighted by Crippen LogP contribution is -1.76. The second-order valence-corrected chi connectivity index (χ2v) is 1.11. The highest BCUT2D eigenvalue weighted by atomic mass is 16.6. The van der Waals surface area contributed by atoms with Crippen molar-refractivity contribution >= 4 is 6.72 Å². The maximum absolute atomic E-state index is 4.51. The molecule has 0 unspecified atom stereocenters. The average Bonchev–Trinajstić information content (AvgIpc) is 1.68. The molecule has 0 rings (SSSR count). The summed E-state index contributed by atoms with van der Waals surface area (Å²) in [6.07, 6.45) is 0.791. The van der Waals surface area contributed by atoms with E-state index in [9.17, 15) is 0 Å². The summed E-state index contributed by atoms with van der Waals surface area (Å²) in [5.41, 5.74) is 0. The molecule has 40 valence electrons. The van der Waals surface area contributed by atoms with Gasteiger partial charge in [-0.3, -0.25) is 0 Å². The van der Waals surface area contributed by atoms with Crippen LogP contribution in [0.4, 0.5) is 0 Å². The fraction of sp³-hybridized carbons (Fsp3) is 0.400. The maximum Gasteiger partial charge on any atom is 0.127 e. The van der Waals surface area contributed by atoms with Crippen molar-refractivity contribution in [2.45, 2.75) is 13.3 Å². The zero-order chi connectivity index (χ0) is 5.70. The fourth-order valence-electron chi connectivity index (χ4n) is 0.156. The van der Waals surface area contributed by atoms with E-state index < -0.39 is 0 Å². The summed E-state index contributed by atoms with van der Waals surface area (Å²) in [5.74, 6) is 0.648. The van der Waals surface area contributed by atoms with Gasteiger partial charge in [0.25, 0.3) is 0 Å². The van der Waals surface area contributed by atoms with Gasteiger partial charge in [-0.25, -0.2) is 0 Å². The largest absolute Gasteiger partial charge is 0.363 e. The molecule has 2 nitrogen and oxygen atoms in total. The van der Waals surface area contributed by atoms with Crippen molar-refractivity contribution in [3.63, 3.8) is 0 Å². The second-order valence-electron chi connectivity index (χ2n) is 1.11. The Morgan fingerprint density at radius 2 is 2.43 bits per heavy atom. The first kappa shape index (κ1) is 6.21. The summed E-state index contributed by atoms with van der Waals surface area (Å²) < 4.78 is 0. The number of allylic oxidation sites excluding steroid dienone is 1. The minimum atomic E-state index is 0.648. The van der Waals surface area contributed by atoms with E-state index in [-0.39, 0.29) is 0 Å². The Balaban J connectivity index is 3.17. The third-order valence-electron chi connectivity index (χ3n) is 0.588. The Bertz CT molecular complexity index is 78.1. The van der Waals surface area contributed by atoms with E-state index >= 15 is 0 Å². The van der Waals surface area contributed by atoms with Crippen molar-refractivity contribution < 1.29 is 4.84 Å². The lowest BCUT2D eigenvalue weighted by Gasteiger charge is -1.93. The zero-order valence-electron chi connectivity index (χ0n) is 4.48. The molecule has 0 N–H and O–H groups in total. The molecule has 2 heteroatoms. The van der Waals surface area contributed by atoms with Crippen molar-refractivity contribution in [2.24, 2.45) is 5.16 Å². The molecule has 7 heavy (non-hydrogen) atoms. The molecule has 0 aliphatic heterocycles. The predicted octanol–water partition coefficient (Wildman–Crippen LogP) is 1.54. The van der Waals surface area contributed by atoms with Gasteiger partial charge < -0.3 is 4.84 Å². The van der Waals surface area contributed by atoms with Gasteiger partial charge in [0.05, 0.1) is 0 Å². The Morgan fingerprint density at radius 1 is 1.86 bits per heavy atom. The smallest absolute Gasteiger partial charge is 0.127 e. The molecule has 0 heterocycles. The van der Waals surface area contributed by atoms with E-state index in [1.807, 2.05) is 6.92 Å². The van der Waals surface area contributed by atoms with Crippen LogP contribution in [0.5, 0.6) is 0 Å². The molecule has 0 fully saturated rings. The Labute approximate surface area is 43.5 Å². The SMILES string of the molecule is C=NOC(=C)CC. The molecule has 0 bridgehead atoms. The lowest BCUT2D eigenvalue weighted by molar-refractivity contribution is 0.224. The number of rotatable bonds is 3. The molecule has 0 saturated carbocycles. The molecule has 0 saturated heterocycles. The van der Waals surface area contributed by atoms with Gasteiger partial charge in [0.1, 0.15) is 5.76 Å². The van der Waals surface area contributed by atoms with Crippen LogP contribution in [0.25, 0.3) is 0 Å². The highest BCUT2D eigenvalue weighted by Gasteiger charge is 1.82. The van der Waals surface area contributed by atoms with Gasteiger partial charge in [0.2, 0.25) is 0 Å². The van der Waals surface area contributed by atoms with Crippen LogP contribution in [0, 0.1) is 0 Å². The van der Waals surface area contributed by atoms with Crippen LogP contribution in [-0.2, 0) is 4.84 Å². The highest BCUT2D eigenvalue weighted by Crippen LogP contribution is 1.96. The van der Waals surface area contributed by atoms with Gasteiger partial charge in [0, 0.05) is 13.1 Å². The van der Waals surface area contributed by atoms with Gasteiger partial charge in [-0.2, -0.15) is 0 Å². The number of oxime groups is 1. The molecule has 0 aromatic heterocycles. The highest BCUT2D eigenvalue weighted by molar-refractivity contribution is 5.21. The van der Waals surface area contributed by atoms with E-state index in [2.05, 4.69) is 23.3 Å². The second kappa shape index (κ2) is 3.40. The van der Waals surface area contributed by atoms with Gasteiger partial charge in [-0.15, -0.1) is 0 Å². The van der Waals surface area contributed by atoms with Crippen LogP contribution in [0.3, 0.4) is 0 Å². The predicted molar refractivity (Wildman–Crippen MR) is 30.1 cm³/mol. The topological polar surface area (TPSA) is 21.6 Å². The minimum Gasteiger partial charge on any atom is -0.363 e. The molecule has 0 amide bonds. The van der Waals surface area contributed by atoms with Crippen LogP contribution in [0.2, 0.25) is 0 Å². The standard InChI is InChI=1S/C5H9NO/c1-4-5(2)7-6-3/h2-4H2,1H3. The molecule has 0 atom stereocenters. The molecule has 0 aliphatic rings. The monoisotopic (exact) mass is 99.1 g/mol. The van der Waals surface area contributed by atoms with Crippen molar-refractivity contribution in [1.82, 2.24) is 0 Å². The Morgan fingerprint density at radius 3 is 2.57 bits per heavy atom. The lowest BCUT2D eigenvalue weighted by atomic mass is 10.4. The summed E-state index contributed by atoms with van der Waals surface area (Å²) in [7, 11) is 0. The van der Waals surface area contributed by atoms with Crippen LogP contribution in [-0.4, -0.2) is 6.72 Å². The quantitative estimate of drug-likeness (QED) is 0.299. The molecule has 0 radical (unpaired) electrons. The Kier molecular flexibility index (Phi) is 3.02. The summed E-state index contributed by atoms with van der Waals surface area (Å²) in [6, 6.07) is 0. The first-order valence-electron chi connectivity index (χ1n) is 2.12. The molecule has 0 aromatic carbocycles. The average molecular weight is 99.1 g/mol. The normalized spacial score (nSPS) is 7.57. The van der Waals surface area contributed by atoms with E-state index in [0.717, 1.165) is 6.42 Å². The van der Waals surface area contributed by atoms with Gasteiger partial charge in [0.15, 0.2) is 0 Å². The summed E-state index contributed by atoms with van der Waals surface area (Å²) >= 11 is 0. The van der Waals surface area contributed by atoms with Gasteiger partial charge in [-0.05, 0) is 0 Å².